The van der Waals surface area contributed by atoms with Crippen molar-refractivity contribution in [3.05, 3.63) is 0 Å². The molecule has 2 N–H and O–H groups in total. The third-order valence-electron chi connectivity index (χ3n) is 3.83. The van der Waals surface area contributed by atoms with Crippen molar-refractivity contribution in [2.75, 3.05) is 27.4 Å². The Morgan fingerprint density at radius 3 is 2.13 bits per heavy atom. The predicted octanol–water partition coefficient (Wildman–Crippen LogP) is -0.809. The summed E-state index contributed by atoms with van der Waals surface area (Å²) >= 11 is 0. The van der Waals surface area contributed by atoms with Crippen LogP contribution in [-0.2, 0) is 33.4 Å². The fraction of sp³-hybridized carbons (Fsp3) is 0.714. The van der Waals surface area contributed by atoms with Crippen molar-refractivity contribution in [1.29, 1.82) is 0 Å². The van der Waals surface area contributed by atoms with E-state index in [2.05, 4.69) is 14.8 Å². The minimum Gasteiger partial charge on any atom is -0.480 e. The molecule has 0 unspecified atom stereocenters. The summed E-state index contributed by atoms with van der Waals surface area (Å²) in [5, 5.41) is 11.7. The summed E-state index contributed by atoms with van der Waals surface area (Å²) in [7, 11) is 2.16. The summed E-state index contributed by atoms with van der Waals surface area (Å²) < 4.78 is 14.1. The lowest BCUT2D eigenvalue weighted by Crippen LogP contribution is -2.51. The summed E-state index contributed by atoms with van der Waals surface area (Å²) in [4.78, 5) is 47.1. The molecule has 1 saturated heterocycles. The lowest BCUT2D eigenvalue weighted by molar-refractivity contribution is -0.163. The highest BCUT2D eigenvalue weighted by Gasteiger charge is 2.42. The number of hydrogen-bond acceptors (Lipinski definition) is 7. The van der Waals surface area contributed by atoms with Crippen molar-refractivity contribution in [3.63, 3.8) is 0 Å². The molecule has 0 spiro atoms. The van der Waals surface area contributed by atoms with Gasteiger partial charge in [0, 0.05) is 12.5 Å². The minimum absolute atomic E-state index is 0.212. The molecule has 0 aromatic heterocycles. The molecule has 0 aromatic rings. The number of hydrogen-bond donors (Lipinski definition) is 2. The molecule has 1 rings (SSSR count). The fourth-order valence-corrected chi connectivity index (χ4v) is 2.40. The number of nitrogens with one attached hydrogen (secondary N) is 1. The molecule has 1 aliphatic rings. The van der Waals surface area contributed by atoms with Gasteiger partial charge in [-0.2, -0.15) is 0 Å². The lowest BCUT2D eigenvalue weighted by Gasteiger charge is -2.26. The molecule has 0 aromatic carbocycles. The SMILES string of the molecule is COC(=O)C(C(=O)OC)[C@@H](C)[C@H](NC(=O)[C@H]1CCOC1)C(=O)O. The minimum atomic E-state index is -1.45. The molecule has 130 valence electrons. The van der Waals surface area contributed by atoms with Crippen molar-refractivity contribution >= 4 is 23.8 Å². The highest BCUT2D eigenvalue weighted by Crippen LogP contribution is 2.21. The van der Waals surface area contributed by atoms with E-state index in [1.165, 1.54) is 6.92 Å². The van der Waals surface area contributed by atoms with Crippen LogP contribution in [0.1, 0.15) is 13.3 Å². The van der Waals surface area contributed by atoms with Gasteiger partial charge in [0.15, 0.2) is 5.92 Å². The van der Waals surface area contributed by atoms with Gasteiger partial charge < -0.3 is 24.6 Å². The fourth-order valence-electron chi connectivity index (χ4n) is 2.40. The Labute approximate surface area is 133 Å². The maximum absolute atomic E-state index is 12.1. The first-order chi connectivity index (χ1) is 10.8. The Kier molecular flexibility index (Phi) is 6.95. The van der Waals surface area contributed by atoms with Crippen LogP contribution in [0.15, 0.2) is 0 Å². The molecule has 1 aliphatic heterocycles. The number of aliphatic carboxylic acids is 1. The van der Waals surface area contributed by atoms with Crippen molar-refractivity contribution < 1.29 is 38.5 Å². The number of ether oxygens (including phenoxy) is 3. The monoisotopic (exact) mass is 331 g/mol. The van der Waals surface area contributed by atoms with Crippen molar-refractivity contribution in [2.45, 2.75) is 19.4 Å². The standard InChI is InChI=1S/C14H21NO8/c1-7(9(13(19)21-2)14(20)22-3)10(12(17)18)15-11(16)8-4-5-23-6-8/h7-10H,4-6H2,1-3H3,(H,15,16)(H,17,18)/t7-,8+,10+/m1/s1. The Hall–Kier alpha value is -2.16. The van der Waals surface area contributed by atoms with Crippen LogP contribution in [0.3, 0.4) is 0 Å². The molecule has 3 atom stereocenters. The molecule has 23 heavy (non-hydrogen) atoms. The first-order valence-electron chi connectivity index (χ1n) is 7.10. The molecular weight excluding hydrogens is 310 g/mol. The highest BCUT2D eigenvalue weighted by molar-refractivity contribution is 5.96. The second-order valence-electron chi connectivity index (χ2n) is 5.27. The third kappa shape index (κ3) is 4.65. The van der Waals surface area contributed by atoms with Gasteiger partial charge in [-0.15, -0.1) is 0 Å². The molecule has 0 aliphatic carbocycles. The van der Waals surface area contributed by atoms with E-state index in [-0.39, 0.29) is 6.61 Å². The molecule has 9 nitrogen and oxygen atoms in total. The van der Waals surface area contributed by atoms with Crippen LogP contribution in [0.25, 0.3) is 0 Å². The Balaban J connectivity index is 2.92. The largest absolute Gasteiger partial charge is 0.480 e. The average molecular weight is 331 g/mol. The molecule has 1 fully saturated rings. The molecule has 0 saturated carbocycles. The van der Waals surface area contributed by atoms with Crippen LogP contribution in [0.5, 0.6) is 0 Å². The lowest BCUT2D eigenvalue weighted by atomic mass is 9.87. The normalized spacial score (nSPS) is 19.7. The first-order valence-corrected chi connectivity index (χ1v) is 7.10. The zero-order valence-electron chi connectivity index (χ0n) is 13.2. The Bertz CT molecular complexity index is 455. The van der Waals surface area contributed by atoms with Gasteiger partial charge in [-0.25, -0.2) is 4.79 Å². The second kappa shape index (κ2) is 8.47. The van der Waals surface area contributed by atoms with Crippen molar-refractivity contribution in [1.82, 2.24) is 5.32 Å². The summed E-state index contributed by atoms with van der Waals surface area (Å²) in [6, 6.07) is -1.44. The first kappa shape index (κ1) is 18.9. The van der Waals surface area contributed by atoms with Gasteiger partial charge in [0.05, 0.1) is 26.7 Å². The summed E-state index contributed by atoms with van der Waals surface area (Å²) in [6.07, 6.45) is 0.490. The zero-order chi connectivity index (χ0) is 17.6. The van der Waals surface area contributed by atoms with Gasteiger partial charge in [-0.05, 0) is 6.42 Å². The number of esters is 2. The number of carbonyl (C=O) groups is 4. The van der Waals surface area contributed by atoms with Gasteiger partial charge in [-0.1, -0.05) is 6.92 Å². The predicted molar refractivity (Wildman–Crippen MR) is 75.2 cm³/mol. The van der Waals surface area contributed by atoms with Crippen LogP contribution >= 0.6 is 0 Å². The quantitative estimate of drug-likeness (QED) is 0.458. The molecular formula is C14H21NO8. The molecule has 9 heteroatoms. The number of carbonyl (C=O) groups excluding carboxylic acids is 3. The molecule has 1 amide bonds. The molecule has 0 radical (unpaired) electrons. The van der Waals surface area contributed by atoms with Crippen LogP contribution < -0.4 is 5.32 Å². The number of rotatable bonds is 7. The van der Waals surface area contributed by atoms with E-state index in [1.54, 1.807) is 0 Å². The van der Waals surface area contributed by atoms with Gasteiger partial charge in [0.2, 0.25) is 5.91 Å². The van der Waals surface area contributed by atoms with E-state index in [1.807, 2.05) is 0 Å². The van der Waals surface area contributed by atoms with Crippen molar-refractivity contribution in [2.24, 2.45) is 17.8 Å². The summed E-state index contributed by atoms with van der Waals surface area (Å²) in [5.41, 5.74) is 0. The van der Waals surface area contributed by atoms with E-state index < -0.39 is 47.6 Å². The summed E-state index contributed by atoms with van der Waals surface area (Å²) in [5.74, 6) is -6.65. The van der Waals surface area contributed by atoms with E-state index in [4.69, 9.17) is 4.74 Å². The smallest absolute Gasteiger partial charge is 0.326 e. The molecule has 0 bridgehead atoms. The maximum Gasteiger partial charge on any atom is 0.326 e. The van der Waals surface area contributed by atoms with Gasteiger partial charge >= 0.3 is 17.9 Å². The number of amides is 1. The number of carboxylic acid groups (broad SMARTS) is 1. The van der Waals surface area contributed by atoms with E-state index in [0.717, 1.165) is 14.2 Å². The maximum atomic E-state index is 12.1. The van der Waals surface area contributed by atoms with Crippen LogP contribution in [0.4, 0.5) is 0 Å². The van der Waals surface area contributed by atoms with Crippen LogP contribution in [0, 0.1) is 17.8 Å². The van der Waals surface area contributed by atoms with Gasteiger partial charge in [-0.3, -0.25) is 14.4 Å². The van der Waals surface area contributed by atoms with Crippen LogP contribution in [0.2, 0.25) is 0 Å². The topological polar surface area (TPSA) is 128 Å². The zero-order valence-corrected chi connectivity index (χ0v) is 13.2. The van der Waals surface area contributed by atoms with Crippen LogP contribution in [-0.4, -0.2) is 62.4 Å². The number of carboxylic acids is 1. The Morgan fingerprint density at radius 1 is 1.17 bits per heavy atom. The summed E-state index contributed by atoms with van der Waals surface area (Å²) in [6.45, 7) is 2.00. The van der Waals surface area contributed by atoms with Crippen molar-refractivity contribution in [3.8, 4) is 0 Å². The third-order valence-corrected chi connectivity index (χ3v) is 3.83. The Morgan fingerprint density at radius 2 is 1.74 bits per heavy atom. The van der Waals surface area contributed by atoms with Gasteiger partial charge in [0.25, 0.3) is 0 Å². The van der Waals surface area contributed by atoms with E-state index in [0.29, 0.717) is 13.0 Å². The highest BCUT2D eigenvalue weighted by atomic mass is 16.5. The van der Waals surface area contributed by atoms with Gasteiger partial charge in [0.1, 0.15) is 6.04 Å². The second-order valence-corrected chi connectivity index (χ2v) is 5.27. The average Bonchev–Trinajstić information content (AvgIpc) is 3.05. The van der Waals surface area contributed by atoms with E-state index >= 15 is 0 Å². The van der Waals surface area contributed by atoms with E-state index in [9.17, 15) is 24.3 Å². The number of methoxy groups -OCH3 is 2. The molecule has 1 heterocycles.